The molecule has 0 aliphatic carbocycles. The van der Waals surface area contributed by atoms with E-state index in [1.807, 2.05) is 4.90 Å². The third kappa shape index (κ3) is 4.43. The van der Waals surface area contributed by atoms with Crippen LogP contribution in [0.5, 0.6) is 0 Å². The lowest BCUT2D eigenvalue weighted by molar-refractivity contribution is -0.130. The Balaban J connectivity index is 1.85. The number of carbonyl (C=O) groups is 1. The van der Waals surface area contributed by atoms with Crippen LogP contribution in [0, 0.1) is 0 Å². The zero-order valence-corrected chi connectivity index (χ0v) is 12.9. The van der Waals surface area contributed by atoms with Gasteiger partial charge in [0.05, 0.1) is 12.4 Å². The van der Waals surface area contributed by atoms with Gasteiger partial charge in [-0.25, -0.2) is 8.42 Å². The van der Waals surface area contributed by atoms with Crippen LogP contribution in [0.4, 0.5) is 0 Å². The van der Waals surface area contributed by atoms with Gasteiger partial charge in [-0.2, -0.15) is 4.31 Å². The van der Waals surface area contributed by atoms with E-state index in [1.165, 1.54) is 10.6 Å². The summed E-state index contributed by atoms with van der Waals surface area (Å²) in [5.41, 5.74) is 0. The summed E-state index contributed by atoms with van der Waals surface area (Å²) >= 11 is 0. The van der Waals surface area contributed by atoms with Crippen molar-refractivity contribution in [2.45, 2.75) is 38.2 Å². The van der Waals surface area contributed by atoms with Crippen molar-refractivity contribution in [3.63, 3.8) is 0 Å². The predicted octanol–water partition coefficient (Wildman–Crippen LogP) is 0.440. The Morgan fingerprint density at radius 1 is 1.30 bits per heavy atom. The maximum atomic E-state index is 12.0. The molecule has 0 aromatic heterocycles. The number of ether oxygens (including phenoxy) is 1. The summed E-state index contributed by atoms with van der Waals surface area (Å²) in [5.74, 6) is 0.0588. The van der Waals surface area contributed by atoms with Crippen molar-refractivity contribution >= 4 is 15.9 Å². The van der Waals surface area contributed by atoms with E-state index in [9.17, 15) is 13.2 Å². The number of amides is 1. The van der Waals surface area contributed by atoms with Crippen LogP contribution in [-0.2, 0) is 19.6 Å². The van der Waals surface area contributed by atoms with Crippen LogP contribution in [0.3, 0.4) is 0 Å². The fraction of sp³-hybridized carbons (Fsp3) is 0.923. The van der Waals surface area contributed by atoms with Crippen molar-refractivity contribution < 1.29 is 17.9 Å². The van der Waals surface area contributed by atoms with E-state index in [0.717, 1.165) is 38.8 Å². The van der Waals surface area contributed by atoms with Crippen LogP contribution >= 0.6 is 0 Å². The SMILES string of the molecule is CS(=O)(=O)N(CCC(=O)N1CCCC1)CC1CCCO1. The van der Waals surface area contributed by atoms with E-state index in [0.29, 0.717) is 13.2 Å². The Kier molecular flexibility index (Phi) is 5.40. The standard InChI is InChI=1S/C13H24N2O4S/c1-20(17,18)15(11-12-5-4-10-19-12)9-6-13(16)14-7-2-3-8-14/h12H,2-11H2,1H3. The van der Waals surface area contributed by atoms with Crippen LogP contribution < -0.4 is 0 Å². The first-order valence-electron chi connectivity index (χ1n) is 7.31. The van der Waals surface area contributed by atoms with Crippen molar-refractivity contribution in [3.05, 3.63) is 0 Å². The lowest BCUT2D eigenvalue weighted by Crippen LogP contribution is -2.39. The molecule has 0 aromatic rings. The first-order valence-corrected chi connectivity index (χ1v) is 9.16. The van der Waals surface area contributed by atoms with Gasteiger partial charge in [0.15, 0.2) is 0 Å². The molecule has 0 radical (unpaired) electrons. The summed E-state index contributed by atoms with van der Waals surface area (Å²) in [6.45, 7) is 2.95. The number of hydrogen-bond acceptors (Lipinski definition) is 4. The fourth-order valence-electron chi connectivity index (χ4n) is 2.75. The maximum Gasteiger partial charge on any atom is 0.223 e. The number of likely N-dealkylation sites (tertiary alicyclic amines) is 1. The zero-order chi connectivity index (χ0) is 14.6. The minimum atomic E-state index is -3.29. The quantitative estimate of drug-likeness (QED) is 0.714. The van der Waals surface area contributed by atoms with Gasteiger partial charge in [-0.15, -0.1) is 0 Å². The van der Waals surface area contributed by atoms with Gasteiger partial charge in [0, 0.05) is 39.2 Å². The summed E-state index contributed by atoms with van der Waals surface area (Å²) in [5, 5.41) is 0. The fourth-order valence-corrected chi connectivity index (χ4v) is 3.61. The lowest BCUT2D eigenvalue weighted by atomic mass is 10.2. The van der Waals surface area contributed by atoms with Crippen molar-refractivity contribution in [1.82, 2.24) is 9.21 Å². The molecule has 20 heavy (non-hydrogen) atoms. The molecule has 1 amide bonds. The van der Waals surface area contributed by atoms with E-state index in [4.69, 9.17) is 4.74 Å². The molecule has 2 fully saturated rings. The van der Waals surface area contributed by atoms with Crippen molar-refractivity contribution in [3.8, 4) is 0 Å². The zero-order valence-electron chi connectivity index (χ0n) is 12.1. The van der Waals surface area contributed by atoms with Gasteiger partial charge >= 0.3 is 0 Å². The van der Waals surface area contributed by atoms with Crippen LogP contribution in [0.2, 0.25) is 0 Å². The highest BCUT2D eigenvalue weighted by atomic mass is 32.2. The molecule has 0 bridgehead atoms. The van der Waals surface area contributed by atoms with Crippen LogP contribution in [-0.4, -0.2) is 68.7 Å². The maximum absolute atomic E-state index is 12.0. The Hall–Kier alpha value is -0.660. The van der Waals surface area contributed by atoms with Gasteiger partial charge in [-0.1, -0.05) is 0 Å². The van der Waals surface area contributed by atoms with Gasteiger partial charge in [0.2, 0.25) is 15.9 Å². The normalized spacial score (nSPS) is 23.7. The Morgan fingerprint density at radius 2 is 2.00 bits per heavy atom. The summed E-state index contributed by atoms with van der Waals surface area (Å²) in [7, 11) is -3.29. The third-order valence-electron chi connectivity index (χ3n) is 3.93. The molecular formula is C13H24N2O4S. The molecule has 6 nitrogen and oxygen atoms in total. The Labute approximate surface area is 121 Å². The average Bonchev–Trinajstić information content (AvgIpc) is 3.05. The molecule has 0 N–H and O–H groups in total. The topological polar surface area (TPSA) is 66.9 Å². The Bertz CT molecular complexity index is 426. The lowest BCUT2D eigenvalue weighted by Gasteiger charge is -2.24. The predicted molar refractivity (Wildman–Crippen MR) is 75.8 cm³/mol. The summed E-state index contributed by atoms with van der Waals surface area (Å²) in [6.07, 6.45) is 5.42. The summed E-state index contributed by atoms with van der Waals surface area (Å²) in [6, 6.07) is 0. The minimum Gasteiger partial charge on any atom is -0.377 e. The van der Waals surface area contributed by atoms with Crippen LogP contribution in [0.1, 0.15) is 32.1 Å². The minimum absolute atomic E-state index is 0.0217. The molecule has 2 aliphatic rings. The van der Waals surface area contributed by atoms with Gasteiger partial charge in [0.1, 0.15) is 0 Å². The van der Waals surface area contributed by atoms with Gasteiger partial charge in [-0.05, 0) is 25.7 Å². The first-order chi connectivity index (χ1) is 9.47. The molecule has 0 spiro atoms. The molecule has 2 rings (SSSR count). The molecule has 2 heterocycles. The van der Waals surface area contributed by atoms with Gasteiger partial charge in [0.25, 0.3) is 0 Å². The molecule has 0 saturated carbocycles. The highest BCUT2D eigenvalue weighted by molar-refractivity contribution is 7.88. The average molecular weight is 304 g/mol. The smallest absolute Gasteiger partial charge is 0.223 e. The molecule has 1 atom stereocenters. The van der Waals surface area contributed by atoms with E-state index in [-0.39, 0.29) is 25.0 Å². The molecule has 1 unspecified atom stereocenters. The van der Waals surface area contributed by atoms with Crippen molar-refractivity contribution in [1.29, 1.82) is 0 Å². The van der Waals surface area contributed by atoms with Crippen LogP contribution in [0.25, 0.3) is 0 Å². The number of rotatable bonds is 6. The number of hydrogen-bond donors (Lipinski definition) is 0. The second-order valence-electron chi connectivity index (χ2n) is 5.59. The summed E-state index contributed by atoms with van der Waals surface area (Å²) < 4.78 is 30.5. The van der Waals surface area contributed by atoms with E-state index >= 15 is 0 Å². The second-order valence-corrected chi connectivity index (χ2v) is 7.58. The van der Waals surface area contributed by atoms with E-state index in [1.54, 1.807) is 0 Å². The number of sulfonamides is 1. The largest absolute Gasteiger partial charge is 0.377 e. The van der Waals surface area contributed by atoms with Crippen molar-refractivity contribution in [2.24, 2.45) is 0 Å². The van der Waals surface area contributed by atoms with Gasteiger partial charge in [-0.3, -0.25) is 4.79 Å². The Morgan fingerprint density at radius 3 is 2.55 bits per heavy atom. The van der Waals surface area contributed by atoms with Crippen LogP contribution in [0.15, 0.2) is 0 Å². The van der Waals surface area contributed by atoms with Crippen molar-refractivity contribution in [2.75, 3.05) is 39.0 Å². The number of carbonyl (C=O) groups excluding carboxylic acids is 1. The number of nitrogens with zero attached hydrogens (tertiary/aromatic N) is 2. The second kappa shape index (κ2) is 6.87. The molecule has 116 valence electrons. The third-order valence-corrected chi connectivity index (χ3v) is 5.20. The molecular weight excluding hydrogens is 280 g/mol. The molecule has 2 aliphatic heterocycles. The van der Waals surface area contributed by atoms with E-state index < -0.39 is 10.0 Å². The monoisotopic (exact) mass is 304 g/mol. The highest BCUT2D eigenvalue weighted by Crippen LogP contribution is 2.16. The van der Waals surface area contributed by atoms with E-state index in [2.05, 4.69) is 0 Å². The highest BCUT2D eigenvalue weighted by Gasteiger charge is 2.26. The summed E-state index contributed by atoms with van der Waals surface area (Å²) in [4.78, 5) is 13.8. The first kappa shape index (κ1) is 15.7. The molecule has 2 saturated heterocycles. The van der Waals surface area contributed by atoms with Gasteiger partial charge < -0.3 is 9.64 Å². The molecule has 0 aromatic carbocycles. The molecule has 7 heteroatoms.